The fourth-order valence-electron chi connectivity index (χ4n) is 1.46. The number of ether oxygens (including phenoxy) is 1. The third-order valence-electron chi connectivity index (χ3n) is 2.37. The minimum absolute atomic E-state index is 0.466. The number of nitrogens with zero attached hydrogens (tertiary/aromatic N) is 1. The Morgan fingerprint density at radius 1 is 1.17 bits per heavy atom. The SMILES string of the molecule is N#Cc1cc(Br)ccc1OCc1ccc(I)cc1. The minimum atomic E-state index is 0.466. The fourth-order valence-corrected chi connectivity index (χ4v) is 2.18. The molecule has 0 amide bonds. The van der Waals surface area contributed by atoms with Gasteiger partial charge >= 0.3 is 0 Å². The molecule has 0 saturated carbocycles. The van der Waals surface area contributed by atoms with Crippen molar-refractivity contribution in [2.24, 2.45) is 0 Å². The quantitative estimate of drug-likeness (QED) is 0.694. The van der Waals surface area contributed by atoms with Gasteiger partial charge in [-0.1, -0.05) is 28.1 Å². The molecule has 90 valence electrons. The van der Waals surface area contributed by atoms with E-state index in [9.17, 15) is 0 Å². The topological polar surface area (TPSA) is 33.0 Å². The Hall–Kier alpha value is -1.06. The molecule has 2 rings (SSSR count). The zero-order valence-electron chi connectivity index (χ0n) is 9.36. The fraction of sp³-hybridized carbons (Fsp3) is 0.0714. The van der Waals surface area contributed by atoms with Gasteiger partial charge in [0.05, 0.1) is 5.56 Å². The summed E-state index contributed by atoms with van der Waals surface area (Å²) in [7, 11) is 0. The average Bonchev–Trinajstić information content (AvgIpc) is 2.39. The van der Waals surface area contributed by atoms with E-state index in [1.807, 2.05) is 30.3 Å². The van der Waals surface area contributed by atoms with Crippen molar-refractivity contribution in [2.75, 3.05) is 0 Å². The number of hydrogen-bond acceptors (Lipinski definition) is 2. The second kappa shape index (κ2) is 6.21. The first kappa shape index (κ1) is 13.4. The van der Waals surface area contributed by atoms with Gasteiger partial charge in [0.1, 0.15) is 18.4 Å². The summed E-state index contributed by atoms with van der Waals surface area (Å²) in [6.45, 7) is 0.466. The molecule has 0 saturated heterocycles. The summed E-state index contributed by atoms with van der Waals surface area (Å²) in [5.74, 6) is 0.610. The molecule has 0 unspecified atom stereocenters. The lowest BCUT2D eigenvalue weighted by atomic mass is 10.2. The van der Waals surface area contributed by atoms with Crippen LogP contribution in [0.1, 0.15) is 11.1 Å². The zero-order chi connectivity index (χ0) is 13.0. The summed E-state index contributed by atoms with van der Waals surface area (Å²) >= 11 is 5.60. The standard InChI is InChI=1S/C14H9BrINO/c15-12-3-6-14(11(7-12)8-17)18-9-10-1-4-13(16)5-2-10/h1-7H,9H2. The van der Waals surface area contributed by atoms with Gasteiger partial charge in [-0.3, -0.25) is 0 Å². The maximum atomic E-state index is 9.02. The molecule has 4 heteroatoms. The van der Waals surface area contributed by atoms with Gasteiger partial charge in [-0.05, 0) is 58.5 Å². The first-order valence-corrected chi connectivity index (χ1v) is 7.13. The number of hydrogen-bond donors (Lipinski definition) is 0. The van der Waals surface area contributed by atoms with Gasteiger partial charge in [0, 0.05) is 8.04 Å². The first-order valence-electron chi connectivity index (χ1n) is 5.26. The maximum absolute atomic E-state index is 9.02. The second-order valence-corrected chi connectivity index (χ2v) is 5.83. The molecule has 2 aromatic rings. The summed E-state index contributed by atoms with van der Waals surface area (Å²) < 4.78 is 7.73. The Balaban J connectivity index is 2.11. The molecule has 0 aromatic heterocycles. The number of nitriles is 1. The van der Waals surface area contributed by atoms with Crippen LogP contribution in [0.4, 0.5) is 0 Å². The summed E-state index contributed by atoms with van der Waals surface area (Å²) in [6.07, 6.45) is 0. The van der Waals surface area contributed by atoms with Crippen LogP contribution in [0.25, 0.3) is 0 Å². The summed E-state index contributed by atoms with van der Waals surface area (Å²) in [4.78, 5) is 0. The molecule has 0 fully saturated rings. The van der Waals surface area contributed by atoms with E-state index in [0.29, 0.717) is 17.9 Å². The monoisotopic (exact) mass is 413 g/mol. The normalized spacial score (nSPS) is 9.83. The van der Waals surface area contributed by atoms with Crippen LogP contribution >= 0.6 is 38.5 Å². The molecular weight excluding hydrogens is 405 g/mol. The Morgan fingerprint density at radius 2 is 1.89 bits per heavy atom. The van der Waals surface area contributed by atoms with Gasteiger partial charge in [0.2, 0.25) is 0 Å². The predicted molar refractivity (Wildman–Crippen MR) is 82.3 cm³/mol. The first-order chi connectivity index (χ1) is 8.69. The van der Waals surface area contributed by atoms with E-state index >= 15 is 0 Å². The zero-order valence-corrected chi connectivity index (χ0v) is 13.1. The predicted octanol–water partition coefficient (Wildman–Crippen LogP) is 4.50. The van der Waals surface area contributed by atoms with Gasteiger partial charge in [-0.25, -0.2) is 0 Å². The van der Waals surface area contributed by atoms with Gasteiger partial charge in [0.25, 0.3) is 0 Å². The lowest BCUT2D eigenvalue weighted by Crippen LogP contribution is -1.97. The lowest BCUT2D eigenvalue weighted by molar-refractivity contribution is 0.305. The Morgan fingerprint density at radius 3 is 2.56 bits per heavy atom. The molecule has 0 aliphatic rings. The van der Waals surface area contributed by atoms with Gasteiger partial charge in [-0.2, -0.15) is 5.26 Å². The smallest absolute Gasteiger partial charge is 0.137 e. The van der Waals surface area contributed by atoms with Gasteiger partial charge < -0.3 is 4.74 Å². The van der Waals surface area contributed by atoms with Crippen molar-refractivity contribution < 1.29 is 4.74 Å². The van der Waals surface area contributed by atoms with Crippen molar-refractivity contribution in [1.82, 2.24) is 0 Å². The van der Waals surface area contributed by atoms with Crippen molar-refractivity contribution in [2.45, 2.75) is 6.61 Å². The van der Waals surface area contributed by atoms with Gasteiger partial charge in [0.15, 0.2) is 0 Å². The second-order valence-electron chi connectivity index (χ2n) is 3.67. The molecule has 0 spiro atoms. The highest BCUT2D eigenvalue weighted by Gasteiger charge is 2.04. The van der Waals surface area contributed by atoms with Gasteiger partial charge in [-0.15, -0.1) is 0 Å². The number of rotatable bonds is 3. The van der Waals surface area contributed by atoms with Crippen LogP contribution in [0.2, 0.25) is 0 Å². The maximum Gasteiger partial charge on any atom is 0.137 e. The molecular formula is C14H9BrINO. The van der Waals surface area contributed by atoms with E-state index in [1.165, 1.54) is 3.57 Å². The average molecular weight is 414 g/mol. The van der Waals surface area contributed by atoms with Crippen molar-refractivity contribution in [3.63, 3.8) is 0 Å². The molecule has 2 nitrogen and oxygen atoms in total. The highest BCUT2D eigenvalue weighted by atomic mass is 127. The molecule has 0 atom stereocenters. The van der Waals surface area contributed by atoms with Crippen molar-refractivity contribution in [3.8, 4) is 11.8 Å². The molecule has 0 radical (unpaired) electrons. The highest BCUT2D eigenvalue weighted by Crippen LogP contribution is 2.23. The lowest BCUT2D eigenvalue weighted by Gasteiger charge is -2.08. The van der Waals surface area contributed by atoms with Crippen LogP contribution in [0.5, 0.6) is 5.75 Å². The van der Waals surface area contributed by atoms with Crippen molar-refractivity contribution in [3.05, 3.63) is 61.6 Å². The number of halogens is 2. The summed E-state index contributed by atoms with van der Waals surface area (Å²) in [5, 5.41) is 9.02. The van der Waals surface area contributed by atoms with Crippen molar-refractivity contribution in [1.29, 1.82) is 5.26 Å². The molecule has 0 bridgehead atoms. The van der Waals surface area contributed by atoms with E-state index < -0.39 is 0 Å². The molecule has 0 N–H and O–H groups in total. The minimum Gasteiger partial charge on any atom is -0.488 e. The van der Waals surface area contributed by atoms with E-state index in [2.05, 4.69) is 44.6 Å². The molecule has 0 heterocycles. The van der Waals surface area contributed by atoms with Crippen LogP contribution in [0.3, 0.4) is 0 Å². The van der Waals surface area contributed by atoms with Crippen LogP contribution < -0.4 is 4.74 Å². The molecule has 0 aliphatic heterocycles. The highest BCUT2D eigenvalue weighted by molar-refractivity contribution is 14.1. The molecule has 18 heavy (non-hydrogen) atoms. The summed E-state index contributed by atoms with van der Waals surface area (Å²) in [6, 6.07) is 15.7. The Bertz CT molecular complexity index is 590. The van der Waals surface area contributed by atoms with Crippen LogP contribution in [-0.4, -0.2) is 0 Å². The van der Waals surface area contributed by atoms with E-state index in [1.54, 1.807) is 12.1 Å². The molecule has 0 aliphatic carbocycles. The van der Waals surface area contributed by atoms with Crippen molar-refractivity contribution >= 4 is 38.5 Å². The summed E-state index contributed by atoms with van der Waals surface area (Å²) in [5.41, 5.74) is 1.62. The third-order valence-corrected chi connectivity index (χ3v) is 3.58. The Labute approximate surface area is 128 Å². The third kappa shape index (κ3) is 3.47. The van der Waals surface area contributed by atoms with E-state index in [4.69, 9.17) is 10.00 Å². The van der Waals surface area contributed by atoms with E-state index in [0.717, 1.165) is 10.0 Å². The Kier molecular flexibility index (Phi) is 4.61. The van der Waals surface area contributed by atoms with Crippen LogP contribution in [-0.2, 0) is 6.61 Å². The molecule has 2 aromatic carbocycles. The van der Waals surface area contributed by atoms with Crippen LogP contribution in [0, 0.1) is 14.9 Å². The number of benzene rings is 2. The van der Waals surface area contributed by atoms with E-state index in [-0.39, 0.29) is 0 Å². The largest absolute Gasteiger partial charge is 0.488 e. The van der Waals surface area contributed by atoms with Crippen LogP contribution in [0.15, 0.2) is 46.9 Å².